The molecule has 366 valence electrons. The summed E-state index contributed by atoms with van der Waals surface area (Å²) in [6.07, 6.45) is 52.7. The Morgan fingerprint density at radius 1 is 0.508 bits per heavy atom. The lowest BCUT2D eigenvalue weighted by Gasteiger charge is -2.18. The van der Waals surface area contributed by atoms with E-state index in [4.69, 9.17) is 13.8 Å². The number of unbranched alkanes of at least 4 members (excludes halogenated alkanes) is 25. The van der Waals surface area contributed by atoms with Crippen LogP contribution in [0.25, 0.3) is 0 Å². The van der Waals surface area contributed by atoms with E-state index in [1.165, 1.54) is 103 Å². The van der Waals surface area contributed by atoms with Gasteiger partial charge in [-0.3, -0.25) is 18.6 Å². The number of hydrogen-bond acceptors (Lipinski definition) is 8. The fraction of sp³-hybridized carbons (Fsp3) is 0.784. The number of carboxylic acids is 1. The SMILES string of the molecule is CCCCC/C=C\C/C=C\C/C=C\CCCCCCCCCCCCC(=O)NC(COP(=O)(O)OCC(O)COC(=O)CCCCCCC/C=C\CCCCCCCCC)C(=O)O. The van der Waals surface area contributed by atoms with E-state index in [2.05, 4.69) is 67.8 Å². The number of phosphoric acid groups is 1. The number of carbonyl (C=O) groups is 3. The van der Waals surface area contributed by atoms with Gasteiger partial charge in [-0.15, -0.1) is 0 Å². The molecule has 0 fully saturated rings. The first-order valence-electron chi connectivity index (χ1n) is 25.2. The lowest BCUT2D eigenvalue weighted by Crippen LogP contribution is -2.43. The van der Waals surface area contributed by atoms with Crippen LogP contribution in [0.3, 0.4) is 0 Å². The Morgan fingerprint density at radius 2 is 0.873 bits per heavy atom. The molecule has 0 rings (SSSR count). The van der Waals surface area contributed by atoms with Crippen LogP contribution in [0.2, 0.25) is 0 Å². The van der Waals surface area contributed by atoms with E-state index in [0.29, 0.717) is 12.8 Å². The van der Waals surface area contributed by atoms with Crippen LogP contribution >= 0.6 is 7.82 Å². The zero-order chi connectivity index (χ0) is 46.3. The average molecular weight is 910 g/mol. The van der Waals surface area contributed by atoms with Crippen LogP contribution in [0.15, 0.2) is 48.6 Å². The van der Waals surface area contributed by atoms with Crippen LogP contribution in [0, 0.1) is 0 Å². The fourth-order valence-corrected chi connectivity index (χ4v) is 7.68. The second kappa shape index (κ2) is 46.0. The molecule has 0 aliphatic rings. The highest BCUT2D eigenvalue weighted by molar-refractivity contribution is 7.47. The summed E-state index contributed by atoms with van der Waals surface area (Å²) in [4.78, 5) is 46.1. The van der Waals surface area contributed by atoms with E-state index in [9.17, 15) is 34.1 Å². The van der Waals surface area contributed by atoms with Crippen molar-refractivity contribution in [1.82, 2.24) is 5.32 Å². The standard InChI is InChI=1S/C51H92NO10P/c1-3-5-7-9-11-13-15-17-19-21-22-23-24-25-26-27-28-30-32-34-36-38-40-42-49(54)52-48(51(56)57)46-62-63(58,59)61-45-47(53)44-60-50(55)43-41-39-37-35-33-31-29-20-18-16-14-12-10-8-6-4-2/h11,13,17,19-20,22-23,29,47-48,53H,3-10,12,14-16,18,21,24-28,30-46H2,1-2H3,(H,52,54)(H,56,57)(H,58,59)/b13-11-,19-17-,23-22-,29-20-. The summed E-state index contributed by atoms with van der Waals surface area (Å²) in [5.74, 6) is -2.38. The van der Waals surface area contributed by atoms with Gasteiger partial charge in [-0.1, -0.05) is 184 Å². The Hall–Kier alpha value is -2.56. The van der Waals surface area contributed by atoms with Crippen LogP contribution < -0.4 is 5.32 Å². The quantitative estimate of drug-likeness (QED) is 0.0200. The molecule has 0 aromatic heterocycles. The average Bonchev–Trinajstić information content (AvgIpc) is 3.26. The number of esters is 1. The van der Waals surface area contributed by atoms with Gasteiger partial charge < -0.3 is 25.2 Å². The molecule has 3 atom stereocenters. The van der Waals surface area contributed by atoms with Crippen LogP contribution in [0.5, 0.6) is 0 Å². The number of nitrogens with one attached hydrogen (secondary N) is 1. The second-order valence-corrected chi connectivity index (χ2v) is 18.5. The number of phosphoric ester groups is 1. The normalized spacial score (nSPS) is 14.0. The molecule has 63 heavy (non-hydrogen) atoms. The Labute approximate surface area is 384 Å². The monoisotopic (exact) mass is 910 g/mol. The topological polar surface area (TPSA) is 169 Å². The zero-order valence-electron chi connectivity index (χ0n) is 39.9. The first kappa shape index (κ1) is 60.4. The van der Waals surface area contributed by atoms with E-state index in [1.807, 2.05) is 0 Å². The molecule has 11 nitrogen and oxygen atoms in total. The lowest BCUT2D eigenvalue weighted by atomic mass is 10.0. The summed E-state index contributed by atoms with van der Waals surface area (Å²) in [5.41, 5.74) is 0. The summed E-state index contributed by atoms with van der Waals surface area (Å²) in [5, 5.41) is 21.9. The number of ether oxygens (including phenoxy) is 1. The van der Waals surface area contributed by atoms with Crippen molar-refractivity contribution in [2.75, 3.05) is 19.8 Å². The Kier molecular flexibility index (Phi) is 44.1. The Bertz CT molecular complexity index is 1250. The summed E-state index contributed by atoms with van der Waals surface area (Å²) >= 11 is 0. The van der Waals surface area contributed by atoms with Crippen molar-refractivity contribution in [1.29, 1.82) is 0 Å². The summed E-state index contributed by atoms with van der Waals surface area (Å²) in [6, 6.07) is -1.55. The van der Waals surface area contributed by atoms with Gasteiger partial charge in [-0.25, -0.2) is 9.36 Å². The van der Waals surface area contributed by atoms with Crippen molar-refractivity contribution in [2.45, 2.75) is 238 Å². The molecule has 3 unspecified atom stereocenters. The van der Waals surface area contributed by atoms with Crippen molar-refractivity contribution in [3.63, 3.8) is 0 Å². The van der Waals surface area contributed by atoms with E-state index >= 15 is 0 Å². The second-order valence-electron chi connectivity index (χ2n) is 17.0. The number of rotatable bonds is 47. The number of carboxylic acid groups (broad SMARTS) is 1. The maximum atomic E-state index is 12.4. The molecule has 1 amide bonds. The Morgan fingerprint density at radius 3 is 1.35 bits per heavy atom. The Balaban J connectivity index is 3.86. The first-order chi connectivity index (χ1) is 30.6. The van der Waals surface area contributed by atoms with Gasteiger partial charge in [-0.2, -0.15) is 0 Å². The molecule has 0 aromatic rings. The van der Waals surface area contributed by atoms with Gasteiger partial charge >= 0.3 is 19.8 Å². The van der Waals surface area contributed by atoms with Gasteiger partial charge in [0, 0.05) is 12.8 Å². The molecule has 0 spiro atoms. The fourth-order valence-electron chi connectivity index (χ4n) is 6.91. The van der Waals surface area contributed by atoms with Crippen LogP contribution in [-0.2, 0) is 32.7 Å². The lowest BCUT2D eigenvalue weighted by molar-refractivity contribution is -0.147. The minimum Gasteiger partial charge on any atom is -0.480 e. The third-order valence-corrected chi connectivity index (χ3v) is 11.8. The van der Waals surface area contributed by atoms with Crippen molar-refractivity contribution >= 4 is 25.7 Å². The highest BCUT2D eigenvalue weighted by Crippen LogP contribution is 2.43. The predicted molar refractivity (Wildman–Crippen MR) is 259 cm³/mol. The maximum Gasteiger partial charge on any atom is 0.472 e. The van der Waals surface area contributed by atoms with E-state index in [-0.39, 0.29) is 12.8 Å². The van der Waals surface area contributed by atoms with Crippen LogP contribution in [-0.4, -0.2) is 64.9 Å². The van der Waals surface area contributed by atoms with E-state index < -0.39 is 57.6 Å². The number of carbonyl (C=O) groups excluding carboxylic acids is 2. The van der Waals surface area contributed by atoms with E-state index in [0.717, 1.165) is 83.5 Å². The van der Waals surface area contributed by atoms with Crippen LogP contribution in [0.1, 0.15) is 226 Å². The molecule has 0 aromatic carbocycles. The number of amides is 1. The molecular formula is C51H92NO10P. The molecule has 4 N–H and O–H groups in total. The zero-order valence-corrected chi connectivity index (χ0v) is 40.8. The maximum absolute atomic E-state index is 12.4. The van der Waals surface area contributed by atoms with Crippen molar-refractivity contribution in [3.8, 4) is 0 Å². The minimum atomic E-state index is -4.76. The highest BCUT2D eigenvalue weighted by atomic mass is 31.2. The number of aliphatic hydroxyl groups excluding tert-OH is 1. The summed E-state index contributed by atoms with van der Waals surface area (Å²) in [7, 11) is -4.76. The molecule has 0 bridgehead atoms. The molecule has 12 heteroatoms. The van der Waals surface area contributed by atoms with E-state index in [1.54, 1.807) is 0 Å². The predicted octanol–water partition coefficient (Wildman–Crippen LogP) is 13.7. The van der Waals surface area contributed by atoms with Crippen molar-refractivity contribution in [2.24, 2.45) is 0 Å². The van der Waals surface area contributed by atoms with Crippen molar-refractivity contribution < 1.29 is 47.8 Å². The number of hydrogen-bond donors (Lipinski definition) is 4. The molecule has 0 heterocycles. The summed E-state index contributed by atoms with van der Waals surface area (Å²) < 4.78 is 26.9. The largest absolute Gasteiger partial charge is 0.480 e. The molecule has 0 saturated carbocycles. The van der Waals surface area contributed by atoms with Gasteiger partial charge in [-0.05, 0) is 77.0 Å². The third-order valence-electron chi connectivity index (χ3n) is 10.8. The molecule has 0 saturated heterocycles. The first-order valence-corrected chi connectivity index (χ1v) is 26.7. The van der Waals surface area contributed by atoms with Gasteiger partial charge in [0.25, 0.3) is 0 Å². The van der Waals surface area contributed by atoms with Gasteiger partial charge in [0.2, 0.25) is 5.91 Å². The van der Waals surface area contributed by atoms with Gasteiger partial charge in [0.15, 0.2) is 6.04 Å². The van der Waals surface area contributed by atoms with Crippen molar-refractivity contribution in [3.05, 3.63) is 48.6 Å². The van der Waals surface area contributed by atoms with Gasteiger partial charge in [0.05, 0.1) is 13.2 Å². The highest BCUT2D eigenvalue weighted by Gasteiger charge is 2.28. The van der Waals surface area contributed by atoms with Gasteiger partial charge in [0.1, 0.15) is 12.7 Å². The number of aliphatic carboxylic acids is 1. The molecule has 0 radical (unpaired) electrons. The minimum absolute atomic E-state index is 0.139. The summed E-state index contributed by atoms with van der Waals surface area (Å²) in [6.45, 7) is 2.57. The number of aliphatic hydroxyl groups is 1. The smallest absolute Gasteiger partial charge is 0.472 e. The molecular weight excluding hydrogens is 818 g/mol. The van der Waals surface area contributed by atoms with Crippen LogP contribution in [0.4, 0.5) is 0 Å². The molecule has 0 aliphatic heterocycles. The number of allylic oxidation sites excluding steroid dienone is 8. The molecule has 0 aliphatic carbocycles. The third kappa shape index (κ3) is 45.8.